The molecule has 2 rings (SSSR count). The summed E-state index contributed by atoms with van der Waals surface area (Å²) in [6.07, 6.45) is -0.217. The second kappa shape index (κ2) is 7.46. The molecule has 0 aliphatic heterocycles. The van der Waals surface area contributed by atoms with Gasteiger partial charge in [-0.1, -0.05) is 23.7 Å². The van der Waals surface area contributed by atoms with Crippen LogP contribution in [0.4, 0.5) is 5.69 Å². The van der Waals surface area contributed by atoms with Crippen LogP contribution in [0.3, 0.4) is 0 Å². The van der Waals surface area contributed by atoms with Crippen LogP contribution in [-0.2, 0) is 14.6 Å². The van der Waals surface area contributed by atoms with Gasteiger partial charge in [0.15, 0.2) is 9.84 Å². The van der Waals surface area contributed by atoms with E-state index in [2.05, 4.69) is 5.32 Å². The summed E-state index contributed by atoms with van der Waals surface area (Å²) >= 11 is 5.88. The molecule has 0 fully saturated rings. The van der Waals surface area contributed by atoms with Crippen LogP contribution in [0.15, 0.2) is 53.4 Å². The molecule has 6 nitrogen and oxygen atoms in total. The summed E-state index contributed by atoms with van der Waals surface area (Å²) in [4.78, 5) is 22.9. The first-order chi connectivity index (χ1) is 11.3. The van der Waals surface area contributed by atoms with Gasteiger partial charge in [-0.3, -0.25) is 9.59 Å². The molecule has 126 valence electrons. The second-order valence-corrected chi connectivity index (χ2v) is 7.47. The van der Waals surface area contributed by atoms with E-state index in [9.17, 15) is 18.0 Å². The van der Waals surface area contributed by atoms with Crippen molar-refractivity contribution in [2.45, 2.75) is 11.3 Å². The number of hydrogen-bond donors (Lipinski definition) is 2. The van der Waals surface area contributed by atoms with Gasteiger partial charge in [0.25, 0.3) is 0 Å². The van der Waals surface area contributed by atoms with Gasteiger partial charge in [0.1, 0.15) is 0 Å². The number of halogens is 1. The number of primary amides is 1. The first kappa shape index (κ1) is 18.0. The molecule has 0 bridgehead atoms. The van der Waals surface area contributed by atoms with E-state index in [4.69, 9.17) is 17.3 Å². The fourth-order valence-electron chi connectivity index (χ4n) is 1.98. The molecule has 0 aliphatic rings. The van der Waals surface area contributed by atoms with Gasteiger partial charge in [-0.15, -0.1) is 0 Å². The van der Waals surface area contributed by atoms with Crippen LogP contribution in [0.1, 0.15) is 16.8 Å². The van der Waals surface area contributed by atoms with Gasteiger partial charge in [-0.2, -0.15) is 0 Å². The normalized spacial score (nSPS) is 11.0. The molecule has 0 atom stereocenters. The zero-order valence-corrected chi connectivity index (χ0v) is 14.1. The molecular weight excluding hydrogens is 352 g/mol. The number of carbonyl (C=O) groups is 2. The lowest BCUT2D eigenvalue weighted by Gasteiger charge is -2.08. The van der Waals surface area contributed by atoms with Crippen molar-refractivity contribution in [3.63, 3.8) is 0 Å². The van der Waals surface area contributed by atoms with E-state index in [0.717, 1.165) is 0 Å². The minimum Gasteiger partial charge on any atom is -0.366 e. The van der Waals surface area contributed by atoms with Crippen molar-refractivity contribution in [3.05, 3.63) is 59.1 Å². The lowest BCUT2D eigenvalue weighted by atomic mass is 10.2. The molecule has 0 radical (unpaired) electrons. The van der Waals surface area contributed by atoms with E-state index in [1.54, 1.807) is 12.1 Å². The average molecular weight is 367 g/mol. The van der Waals surface area contributed by atoms with Crippen LogP contribution in [0.25, 0.3) is 0 Å². The van der Waals surface area contributed by atoms with Crippen LogP contribution < -0.4 is 11.1 Å². The monoisotopic (exact) mass is 366 g/mol. The number of nitrogens with one attached hydrogen (secondary N) is 1. The number of nitrogens with two attached hydrogens (primary N) is 1. The van der Waals surface area contributed by atoms with Gasteiger partial charge >= 0.3 is 0 Å². The minimum atomic E-state index is -3.65. The number of rotatable bonds is 6. The first-order valence-electron chi connectivity index (χ1n) is 6.96. The third-order valence-corrected chi connectivity index (χ3v) is 5.43. The summed E-state index contributed by atoms with van der Waals surface area (Å²) in [6, 6.07) is 12.0. The average Bonchev–Trinajstić information content (AvgIpc) is 2.54. The van der Waals surface area contributed by atoms with Crippen molar-refractivity contribution in [2.24, 2.45) is 5.73 Å². The molecule has 2 aromatic rings. The standard InChI is InChI=1S/C16H15ClN2O4S/c17-13-3-1-2-4-14(13)24(22,23)10-9-15(20)19-12-7-5-11(6-8-12)16(18)21/h1-8H,9-10H2,(H2,18,21)(H,19,20). The fraction of sp³-hybridized carbons (Fsp3) is 0.125. The molecule has 8 heteroatoms. The highest BCUT2D eigenvalue weighted by molar-refractivity contribution is 7.91. The van der Waals surface area contributed by atoms with Gasteiger partial charge in [0, 0.05) is 17.7 Å². The van der Waals surface area contributed by atoms with Crippen molar-refractivity contribution < 1.29 is 18.0 Å². The summed E-state index contributed by atoms with van der Waals surface area (Å²) in [5, 5.41) is 2.68. The predicted octanol–water partition coefficient (Wildman–Crippen LogP) is 2.24. The molecule has 0 unspecified atom stereocenters. The highest BCUT2D eigenvalue weighted by atomic mass is 35.5. The topological polar surface area (TPSA) is 106 Å². The van der Waals surface area contributed by atoms with E-state index in [1.165, 1.54) is 36.4 Å². The molecule has 0 saturated carbocycles. The largest absolute Gasteiger partial charge is 0.366 e. The Hall–Kier alpha value is -2.38. The lowest BCUT2D eigenvalue weighted by Crippen LogP contribution is -2.18. The van der Waals surface area contributed by atoms with E-state index in [1.807, 2.05) is 0 Å². The minimum absolute atomic E-state index is 0.00489. The maximum absolute atomic E-state index is 12.2. The van der Waals surface area contributed by atoms with E-state index in [-0.39, 0.29) is 22.1 Å². The number of carbonyl (C=O) groups excluding carboxylic acids is 2. The van der Waals surface area contributed by atoms with E-state index >= 15 is 0 Å². The zero-order valence-electron chi connectivity index (χ0n) is 12.5. The molecule has 2 amide bonds. The van der Waals surface area contributed by atoms with Crippen molar-refractivity contribution >= 4 is 38.9 Å². The fourth-order valence-corrected chi connectivity index (χ4v) is 3.79. The van der Waals surface area contributed by atoms with Crippen LogP contribution in [0, 0.1) is 0 Å². The Morgan fingerprint density at radius 3 is 2.25 bits per heavy atom. The summed E-state index contributed by atoms with van der Waals surface area (Å²) in [7, 11) is -3.65. The van der Waals surface area contributed by atoms with E-state index < -0.39 is 21.7 Å². The summed E-state index contributed by atoms with van der Waals surface area (Å²) in [6.45, 7) is 0. The van der Waals surface area contributed by atoms with Crippen molar-refractivity contribution in [3.8, 4) is 0 Å². The number of anilines is 1. The van der Waals surface area contributed by atoms with Crippen LogP contribution >= 0.6 is 11.6 Å². The Bertz CT molecular complexity index is 864. The van der Waals surface area contributed by atoms with Crippen LogP contribution in [0.2, 0.25) is 5.02 Å². The second-order valence-electron chi connectivity index (χ2n) is 4.99. The maximum atomic E-state index is 12.2. The SMILES string of the molecule is NC(=O)c1ccc(NC(=O)CCS(=O)(=O)c2ccccc2Cl)cc1. The number of benzene rings is 2. The van der Waals surface area contributed by atoms with Gasteiger partial charge in [-0.05, 0) is 36.4 Å². The van der Waals surface area contributed by atoms with Crippen LogP contribution in [0.5, 0.6) is 0 Å². The molecule has 0 aliphatic carbocycles. The highest BCUT2D eigenvalue weighted by Crippen LogP contribution is 2.22. The van der Waals surface area contributed by atoms with Gasteiger partial charge in [-0.25, -0.2) is 8.42 Å². The van der Waals surface area contributed by atoms with Gasteiger partial charge in [0.2, 0.25) is 11.8 Å². The molecular formula is C16H15ClN2O4S. The predicted molar refractivity (Wildman–Crippen MR) is 91.7 cm³/mol. The van der Waals surface area contributed by atoms with Gasteiger partial charge in [0.05, 0.1) is 15.7 Å². The molecule has 24 heavy (non-hydrogen) atoms. The van der Waals surface area contributed by atoms with Crippen molar-refractivity contribution in [1.82, 2.24) is 0 Å². The van der Waals surface area contributed by atoms with Crippen LogP contribution in [-0.4, -0.2) is 26.0 Å². The van der Waals surface area contributed by atoms with E-state index in [0.29, 0.717) is 11.3 Å². The third kappa shape index (κ3) is 4.56. The molecule has 2 aromatic carbocycles. The smallest absolute Gasteiger partial charge is 0.248 e. The Labute approximate surface area is 144 Å². The molecule has 0 spiro atoms. The Morgan fingerprint density at radius 2 is 1.67 bits per heavy atom. The van der Waals surface area contributed by atoms with Crippen molar-refractivity contribution in [1.29, 1.82) is 0 Å². The first-order valence-corrected chi connectivity index (χ1v) is 8.99. The molecule has 0 heterocycles. The van der Waals surface area contributed by atoms with Gasteiger partial charge < -0.3 is 11.1 Å². The highest BCUT2D eigenvalue weighted by Gasteiger charge is 2.19. The molecule has 3 N–H and O–H groups in total. The summed E-state index contributed by atoms with van der Waals surface area (Å²) in [5.74, 6) is -1.39. The Kier molecular flexibility index (Phi) is 5.58. The maximum Gasteiger partial charge on any atom is 0.248 e. The summed E-state index contributed by atoms with van der Waals surface area (Å²) < 4.78 is 24.4. The number of sulfone groups is 1. The lowest BCUT2D eigenvalue weighted by molar-refractivity contribution is -0.115. The Morgan fingerprint density at radius 1 is 1.04 bits per heavy atom. The summed E-state index contributed by atoms with van der Waals surface area (Å²) in [5.41, 5.74) is 5.88. The number of hydrogen-bond acceptors (Lipinski definition) is 4. The van der Waals surface area contributed by atoms with Crippen molar-refractivity contribution in [2.75, 3.05) is 11.1 Å². The zero-order chi connectivity index (χ0) is 17.7. The molecule has 0 saturated heterocycles. The quantitative estimate of drug-likeness (QED) is 0.817. The molecule has 0 aromatic heterocycles. The Balaban J connectivity index is 1.98. The number of amides is 2. The third-order valence-electron chi connectivity index (χ3n) is 3.22.